The fourth-order valence-electron chi connectivity index (χ4n) is 5.69. The minimum absolute atomic E-state index is 0.0318. The quantitative estimate of drug-likeness (QED) is 0.391. The van der Waals surface area contributed by atoms with E-state index >= 15 is 0 Å². The van der Waals surface area contributed by atoms with Crippen LogP contribution < -0.4 is 15.0 Å². The second kappa shape index (κ2) is 12.9. The second-order valence-electron chi connectivity index (χ2n) is 10.8. The van der Waals surface area contributed by atoms with E-state index in [1.807, 2.05) is 29.2 Å². The topological polar surface area (TPSA) is 135 Å². The minimum Gasteiger partial charge on any atom is -0.508 e. The highest BCUT2D eigenvalue weighted by molar-refractivity contribution is 6.09. The van der Waals surface area contributed by atoms with E-state index in [1.165, 1.54) is 12.1 Å². The summed E-state index contributed by atoms with van der Waals surface area (Å²) in [7, 11) is 2.09. The number of nitriles is 1. The number of nitrogens with one attached hydrogen (secondary N) is 1. The Balaban J connectivity index is 1.44. The number of nitrogens with zero attached hydrogens (tertiary/aromatic N) is 6. The van der Waals surface area contributed by atoms with Gasteiger partial charge in [0.05, 0.1) is 30.8 Å². The van der Waals surface area contributed by atoms with Crippen molar-refractivity contribution in [2.24, 2.45) is 5.92 Å². The van der Waals surface area contributed by atoms with Crippen LogP contribution in [-0.2, 0) is 4.79 Å². The van der Waals surface area contributed by atoms with Gasteiger partial charge >= 0.3 is 6.01 Å². The van der Waals surface area contributed by atoms with Crippen LogP contribution in [0.4, 0.5) is 11.5 Å². The number of anilines is 2. The molecule has 11 heteroatoms. The highest BCUT2D eigenvalue weighted by atomic mass is 16.5. The van der Waals surface area contributed by atoms with Gasteiger partial charge in [-0.2, -0.15) is 15.2 Å². The number of carbonyl (C=O) groups is 2. The molecule has 0 bridgehead atoms. The first-order valence-corrected chi connectivity index (χ1v) is 14.1. The maximum atomic E-state index is 13.6. The largest absolute Gasteiger partial charge is 0.508 e. The number of fused-ring (bicyclic) bond motifs is 1. The SMILES string of the molecule is C=CC(=O)N1CCN(c2cc(C(=O)Nc3cc(O)cc4ccccc34)nc(OCC3CCCN(C)C3)n2)C[C@@H]1CC#N. The van der Waals surface area contributed by atoms with Crippen LogP contribution in [0.5, 0.6) is 11.8 Å². The van der Waals surface area contributed by atoms with Gasteiger partial charge in [-0.25, -0.2) is 0 Å². The summed E-state index contributed by atoms with van der Waals surface area (Å²) in [5, 5.41) is 24.1. The van der Waals surface area contributed by atoms with E-state index in [0.717, 1.165) is 36.7 Å². The van der Waals surface area contributed by atoms with E-state index in [1.54, 1.807) is 17.0 Å². The first-order valence-electron chi connectivity index (χ1n) is 14.1. The Bertz CT molecular complexity index is 1520. The third-order valence-electron chi connectivity index (χ3n) is 7.78. The van der Waals surface area contributed by atoms with Crippen molar-refractivity contribution in [1.82, 2.24) is 19.8 Å². The maximum absolute atomic E-state index is 13.6. The molecule has 2 N–H and O–H groups in total. The molecule has 2 atom stereocenters. The van der Waals surface area contributed by atoms with E-state index in [0.29, 0.717) is 43.7 Å². The molecule has 0 aliphatic carbocycles. The summed E-state index contributed by atoms with van der Waals surface area (Å²) in [6, 6.07) is 14.1. The van der Waals surface area contributed by atoms with Crippen molar-refractivity contribution in [1.29, 1.82) is 5.26 Å². The predicted molar refractivity (Wildman–Crippen MR) is 159 cm³/mol. The van der Waals surface area contributed by atoms with Crippen LogP contribution in [-0.4, -0.2) is 89.1 Å². The van der Waals surface area contributed by atoms with Gasteiger partial charge in [0, 0.05) is 49.6 Å². The van der Waals surface area contributed by atoms with Crippen molar-refractivity contribution < 1.29 is 19.4 Å². The lowest BCUT2D eigenvalue weighted by Crippen LogP contribution is -2.55. The lowest BCUT2D eigenvalue weighted by atomic mass is 10.00. The predicted octanol–water partition coefficient (Wildman–Crippen LogP) is 3.43. The highest BCUT2D eigenvalue weighted by Crippen LogP contribution is 2.30. The molecule has 1 aromatic heterocycles. The Labute approximate surface area is 245 Å². The van der Waals surface area contributed by atoms with Gasteiger partial charge in [-0.3, -0.25) is 9.59 Å². The monoisotopic (exact) mass is 569 g/mol. The van der Waals surface area contributed by atoms with E-state index in [-0.39, 0.29) is 35.8 Å². The Hall–Kier alpha value is -4.69. The molecular weight excluding hydrogens is 534 g/mol. The Morgan fingerprint density at radius 2 is 2.02 bits per heavy atom. The summed E-state index contributed by atoms with van der Waals surface area (Å²) in [6.45, 7) is 7.15. The lowest BCUT2D eigenvalue weighted by Gasteiger charge is -2.40. The molecule has 11 nitrogen and oxygen atoms in total. The normalized spacial score (nSPS) is 19.2. The van der Waals surface area contributed by atoms with Gasteiger partial charge in [0.1, 0.15) is 17.3 Å². The third-order valence-corrected chi connectivity index (χ3v) is 7.78. The Morgan fingerprint density at radius 3 is 2.81 bits per heavy atom. The number of carbonyl (C=O) groups excluding carboxylic acids is 2. The summed E-state index contributed by atoms with van der Waals surface area (Å²) in [5.41, 5.74) is 0.554. The standard InChI is InChI=1S/C31H35N7O4/c1-3-29(40)38-14-13-37(19-23(38)10-11-32)28-17-27(34-31(35-28)42-20-21-7-6-12-36(2)18-21)30(41)33-26-16-24(39)15-22-8-4-5-9-25(22)26/h3-5,8-9,15-17,21,23,39H,1,6-7,10,12-14,18-20H2,2H3,(H,33,41)/t21?,23-/m0/s1. The van der Waals surface area contributed by atoms with E-state index in [4.69, 9.17) is 4.74 Å². The average Bonchev–Trinajstić information content (AvgIpc) is 2.99. The van der Waals surface area contributed by atoms with Crippen molar-refractivity contribution in [2.75, 3.05) is 56.6 Å². The molecule has 0 spiro atoms. The fourth-order valence-corrected chi connectivity index (χ4v) is 5.69. The number of benzene rings is 2. The van der Waals surface area contributed by atoms with Crippen LogP contribution in [0.2, 0.25) is 0 Å². The molecule has 2 aliphatic heterocycles. The number of likely N-dealkylation sites (tertiary alicyclic amines) is 1. The van der Waals surface area contributed by atoms with E-state index in [9.17, 15) is 20.0 Å². The first kappa shape index (κ1) is 28.8. The number of hydrogen-bond acceptors (Lipinski definition) is 9. The van der Waals surface area contributed by atoms with Crippen molar-refractivity contribution in [3.63, 3.8) is 0 Å². The van der Waals surface area contributed by atoms with Crippen molar-refractivity contribution in [3.05, 3.63) is 60.8 Å². The van der Waals surface area contributed by atoms with Gasteiger partial charge in [-0.1, -0.05) is 30.8 Å². The number of rotatable bonds is 8. The van der Waals surface area contributed by atoms with Crippen molar-refractivity contribution >= 4 is 34.1 Å². The van der Waals surface area contributed by atoms with Crippen LogP contribution in [0.15, 0.2) is 55.1 Å². The maximum Gasteiger partial charge on any atom is 0.319 e. The lowest BCUT2D eigenvalue weighted by molar-refractivity contribution is -0.128. The number of hydrogen-bond donors (Lipinski definition) is 2. The first-order chi connectivity index (χ1) is 20.3. The summed E-state index contributed by atoms with van der Waals surface area (Å²) in [6.07, 6.45) is 3.53. The van der Waals surface area contributed by atoms with Crippen molar-refractivity contribution in [2.45, 2.75) is 25.3 Å². The molecule has 0 radical (unpaired) electrons. The number of aromatic hydroxyl groups is 1. The van der Waals surface area contributed by atoms with Gasteiger partial charge in [0.2, 0.25) is 5.91 Å². The van der Waals surface area contributed by atoms with Crippen LogP contribution in [0.1, 0.15) is 29.8 Å². The molecule has 218 valence electrons. The van der Waals surface area contributed by atoms with Crippen LogP contribution in [0.3, 0.4) is 0 Å². The van der Waals surface area contributed by atoms with Crippen molar-refractivity contribution in [3.8, 4) is 17.8 Å². The third kappa shape index (κ3) is 6.61. The number of aromatic nitrogens is 2. The zero-order valence-corrected chi connectivity index (χ0v) is 23.7. The minimum atomic E-state index is -0.481. The summed E-state index contributed by atoms with van der Waals surface area (Å²) >= 11 is 0. The molecule has 2 amide bonds. The number of piperazine rings is 1. The summed E-state index contributed by atoms with van der Waals surface area (Å²) in [4.78, 5) is 41.0. The molecule has 0 saturated carbocycles. The number of ether oxygens (including phenoxy) is 1. The highest BCUT2D eigenvalue weighted by Gasteiger charge is 2.31. The summed E-state index contributed by atoms with van der Waals surface area (Å²) < 4.78 is 6.08. The van der Waals surface area contributed by atoms with E-state index < -0.39 is 5.91 Å². The average molecular weight is 570 g/mol. The van der Waals surface area contributed by atoms with Crippen LogP contribution in [0, 0.1) is 17.2 Å². The molecule has 1 unspecified atom stereocenters. The zero-order valence-electron chi connectivity index (χ0n) is 23.7. The fraction of sp³-hybridized carbons (Fsp3) is 0.387. The summed E-state index contributed by atoms with van der Waals surface area (Å²) in [5.74, 6) is 0.119. The van der Waals surface area contributed by atoms with E-state index in [2.05, 4.69) is 39.9 Å². The van der Waals surface area contributed by atoms with Gasteiger partial charge in [-0.05, 0) is 44.0 Å². The van der Waals surface area contributed by atoms with Crippen LogP contribution >= 0.6 is 0 Å². The smallest absolute Gasteiger partial charge is 0.319 e. The Morgan fingerprint density at radius 1 is 1.19 bits per heavy atom. The number of amides is 2. The Kier molecular flexibility index (Phi) is 8.83. The molecule has 5 rings (SSSR count). The molecule has 2 fully saturated rings. The number of phenolic OH excluding ortho intramolecular Hbond substituents is 1. The van der Waals surface area contributed by atoms with Crippen LogP contribution in [0.25, 0.3) is 10.8 Å². The number of piperidine rings is 1. The second-order valence-corrected chi connectivity index (χ2v) is 10.8. The molecule has 3 aromatic rings. The molecule has 3 heterocycles. The van der Waals surface area contributed by atoms with Gasteiger partial charge < -0.3 is 29.9 Å². The van der Waals surface area contributed by atoms with Gasteiger partial charge in [0.15, 0.2) is 0 Å². The molecule has 2 aliphatic rings. The van der Waals surface area contributed by atoms with Gasteiger partial charge in [0.25, 0.3) is 5.91 Å². The van der Waals surface area contributed by atoms with Gasteiger partial charge in [-0.15, -0.1) is 0 Å². The number of phenols is 1. The zero-order chi connectivity index (χ0) is 29.6. The molecule has 2 aromatic carbocycles. The molecule has 42 heavy (non-hydrogen) atoms. The molecular formula is C31H35N7O4. The molecule has 2 saturated heterocycles.